The summed E-state index contributed by atoms with van der Waals surface area (Å²) in [6.45, 7) is -0.502. The molecule has 0 bridgehead atoms. The summed E-state index contributed by atoms with van der Waals surface area (Å²) in [4.78, 5) is 22.6. The lowest BCUT2D eigenvalue weighted by Crippen LogP contribution is -2.34. The van der Waals surface area contributed by atoms with E-state index in [4.69, 9.17) is 21.4 Å². The predicted molar refractivity (Wildman–Crippen MR) is 57.7 cm³/mol. The molecule has 0 fully saturated rings. The van der Waals surface area contributed by atoms with Crippen molar-refractivity contribution in [3.05, 3.63) is 29.0 Å². The quantitative estimate of drug-likeness (QED) is 0.904. The molecular weight excluding hydrogens is 253 g/mol. The van der Waals surface area contributed by atoms with E-state index in [9.17, 15) is 14.0 Å². The zero-order valence-corrected chi connectivity index (χ0v) is 9.57. The number of carboxylic acids is 1. The van der Waals surface area contributed by atoms with Crippen LogP contribution in [0.25, 0.3) is 0 Å². The van der Waals surface area contributed by atoms with Crippen LogP contribution in [0.5, 0.6) is 5.75 Å². The van der Waals surface area contributed by atoms with Crippen LogP contribution in [-0.2, 0) is 4.79 Å². The maximum absolute atomic E-state index is 12.7. The fourth-order valence-electron chi connectivity index (χ4n) is 0.997. The van der Waals surface area contributed by atoms with E-state index >= 15 is 0 Å². The fourth-order valence-corrected chi connectivity index (χ4v) is 1.20. The number of aliphatic carboxylic acids is 1. The Kier molecular flexibility index (Phi) is 4.28. The van der Waals surface area contributed by atoms with Gasteiger partial charge in [0.2, 0.25) is 0 Å². The van der Waals surface area contributed by atoms with Crippen molar-refractivity contribution in [2.75, 3.05) is 13.6 Å². The molecule has 0 unspecified atom stereocenters. The minimum Gasteiger partial charge on any atom is -0.480 e. The second-order valence-corrected chi connectivity index (χ2v) is 3.60. The molecule has 0 heterocycles. The van der Waals surface area contributed by atoms with Crippen LogP contribution in [0.15, 0.2) is 18.2 Å². The summed E-state index contributed by atoms with van der Waals surface area (Å²) in [5.41, 5.74) is 0. The molecule has 0 aliphatic rings. The molecule has 92 valence electrons. The molecule has 0 radical (unpaired) electrons. The molecule has 0 atom stereocenters. The van der Waals surface area contributed by atoms with Crippen molar-refractivity contribution in [1.82, 2.24) is 4.90 Å². The van der Waals surface area contributed by atoms with Gasteiger partial charge in [-0.2, -0.15) is 0 Å². The van der Waals surface area contributed by atoms with Crippen LogP contribution in [-0.4, -0.2) is 35.7 Å². The maximum atomic E-state index is 12.7. The molecule has 0 spiro atoms. The number of amides is 1. The third kappa shape index (κ3) is 3.92. The van der Waals surface area contributed by atoms with Crippen LogP contribution in [0, 0.1) is 5.82 Å². The molecule has 1 rings (SSSR count). The first-order valence-corrected chi connectivity index (χ1v) is 4.87. The number of hydrogen-bond donors (Lipinski definition) is 1. The average molecular weight is 262 g/mol. The Bertz CT molecular complexity index is 452. The summed E-state index contributed by atoms with van der Waals surface area (Å²) in [5, 5.41) is 8.40. The molecule has 1 aromatic carbocycles. The van der Waals surface area contributed by atoms with Crippen LogP contribution >= 0.6 is 11.6 Å². The van der Waals surface area contributed by atoms with Gasteiger partial charge in [-0.05, 0) is 18.2 Å². The number of benzene rings is 1. The Morgan fingerprint density at radius 3 is 2.71 bits per heavy atom. The number of carbonyl (C=O) groups is 2. The van der Waals surface area contributed by atoms with Gasteiger partial charge in [0.25, 0.3) is 0 Å². The zero-order valence-electron chi connectivity index (χ0n) is 8.81. The van der Waals surface area contributed by atoms with E-state index in [1.54, 1.807) is 0 Å². The Hall–Kier alpha value is -1.82. The summed E-state index contributed by atoms with van der Waals surface area (Å²) in [7, 11) is 1.26. The topological polar surface area (TPSA) is 66.8 Å². The van der Waals surface area contributed by atoms with Crippen LogP contribution in [0.3, 0.4) is 0 Å². The summed E-state index contributed by atoms with van der Waals surface area (Å²) in [6, 6.07) is 3.25. The Balaban J connectivity index is 2.71. The molecule has 0 saturated heterocycles. The third-order valence-electron chi connectivity index (χ3n) is 1.78. The highest BCUT2D eigenvalue weighted by Crippen LogP contribution is 2.25. The van der Waals surface area contributed by atoms with E-state index in [-0.39, 0.29) is 10.8 Å². The number of ether oxygens (including phenoxy) is 1. The van der Waals surface area contributed by atoms with E-state index < -0.39 is 24.4 Å². The molecule has 7 heteroatoms. The molecule has 0 aromatic heterocycles. The Labute approximate surface area is 101 Å². The summed E-state index contributed by atoms with van der Waals surface area (Å²) < 4.78 is 17.5. The summed E-state index contributed by atoms with van der Waals surface area (Å²) in [5.74, 6) is -1.77. The van der Waals surface area contributed by atoms with Crippen LogP contribution < -0.4 is 4.74 Å². The first-order valence-electron chi connectivity index (χ1n) is 4.50. The lowest BCUT2D eigenvalue weighted by Gasteiger charge is -2.14. The third-order valence-corrected chi connectivity index (χ3v) is 2.07. The van der Waals surface area contributed by atoms with E-state index in [1.807, 2.05) is 0 Å². The molecule has 5 nitrogen and oxygen atoms in total. The van der Waals surface area contributed by atoms with Gasteiger partial charge in [-0.1, -0.05) is 11.6 Å². The Morgan fingerprint density at radius 1 is 1.53 bits per heavy atom. The van der Waals surface area contributed by atoms with Crippen molar-refractivity contribution in [3.8, 4) is 5.75 Å². The largest absolute Gasteiger partial charge is 0.480 e. The van der Waals surface area contributed by atoms with Crippen molar-refractivity contribution >= 4 is 23.7 Å². The zero-order chi connectivity index (χ0) is 13.0. The standard InChI is InChI=1S/C10H9ClFNO4/c1-13(5-9(14)15)10(16)17-8-3-2-6(12)4-7(8)11/h2-4H,5H2,1H3,(H,14,15). The number of carbonyl (C=O) groups excluding carboxylic acids is 1. The first kappa shape index (κ1) is 13.2. The lowest BCUT2D eigenvalue weighted by atomic mass is 10.3. The lowest BCUT2D eigenvalue weighted by molar-refractivity contribution is -0.137. The van der Waals surface area contributed by atoms with Gasteiger partial charge in [0.05, 0.1) is 5.02 Å². The first-order chi connectivity index (χ1) is 7.90. The smallest absolute Gasteiger partial charge is 0.415 e. The van der Waals surface area contributed by atoms with Gasteiger partial charge >= 0.3 is 12.1 Å². The molecular formula is C10H9ClFNO4. The van der Waals surface area contributed by atoms with Crippen molar-refractivity contribution in [2.24, 2.45) is 0 Å². The predicted octanol–water partition coefficient (Wildman–Crippen LogP) is 1.99. The SMILES string of the molecule is CN(CC(=O)O)C(=O)Oc1ccc(F)cc1Cl. The van der Waals surface area contributed by atoms with Crippen LogP contribution in [0.2, 0.25) is 5.02 Å². The molecule has 0 saturated carbocycles. The van der Waals surface area contributed by atoms with E-state index in [0.717, 1.165) is 17.0 Å². The van der Waals surface area contributed by atoms with Crippen molar-refractivity contribution < 1.29 is 23.8 Å². The van der Waals surface area contributed by atoms with Gasteiger partial charge < -0.3 is 9.84 Å². The number of carboxylic acid groups (broad SMARTS) is 1. The molecule has 0 aliphatic carbocycles. The molecule has 1 amide bonds. The van der Waals surface area contributed by atoms with Crippen molar-refractivity contribution in [1.29, 1.82) is 0 Å². The molecule has 1 aromatic rings. The van der Waals surface area contributed by atoms with Gasteiger partial charge in [0, 0.05) is 7.05 Å². The molecule has 0 aliphatic heterocycles. The Morgan fingerprint density at radius 2 is 2.18 bits per heavy atom. The average Bonchev–Trinajstić information content (AvgIpc) is 2.21. The minimum atomic E-state index is -1.17. The molecule has 1 N–H and O–H groups in total. The van der Waals surface area contributed by atoms with Gasteiger partial charge in [-0.15, -0.1) is 0 Å². The van der Waals surface area contributed by atoms with Crippen molar-refractivity contribution in [3.63, 3.8) is 0 Å². The van der Waals surface area contributed by atoms with Gasteiger partial charge in [-0.3, -0.25) is 9.69 Å². The van der Waals surface area contributed by atoms with Crippen molar-refractivity contribution in [2.45, 2.75) is 0 Å². The maximum Gasteiger partial charge on any atom is 0.415 e. The second kappa shape index (κ2) is 5.49. The number of halogens is 2. The highest BCUT2D eigenvalue weighted by atomic mass is 35.5. The normalized spacial score (nSPS) is 9.82. The minimum absolute atomic E-state index is 0.0321. The fraction of sp³-hybridized carbons (Fsp3) is 0.200. The number of rotatable bonds is 3. The summed E-state index contributed by atoms with van der Waals surface area (Å²) >= 11 is 5.63. The highest BCUT2D eigenvalue weighted by molar-refractivity contribution is 6.32. The summed E-state index contributed by atoms with van der Waals surface area (Å²) in [6.07, 6.45) is -0.888. The van der Waals surface area contributed by atoms with Gasteiger partial charge in [0.15, 0.2) is 5.75 Å². The number of nitrogens with zero attached hydrogens (tertiary/aromatic N) is 1. The number of likely N-dealkylation sites (N-methyl/N-ethyl adjacent to an activating group) is 1. The van der Waals surface area contributed by atoms with E-state index in [0.29, 0.717) is 0 Å². The second-order valence-electron chi connectivity index (χ2n) is 3.19. The van der Waals surface area contributed by atoms with Gasteiger partial charge in [-0.25, -0.2) is 9.18 Å². The van der Waals surface area contributed by atoms with Gasteiger partial charge in [0.1, 0.15) is 12.4 Å². The highest BCUT2D eigenvalue weighted by Gasteiger charge is 2.15. The number of hydrogen-bond acceptors (Lipinski definition) is 3. The molecule has 17 heavy (non-hydrogen) atoms. The van der Waals surface area contributed by atoms with E-state index in [2.05, 4.69) is 0 Å². The monoisotopic (exact) mass is 261 g/mol. The van der Waals surface area contributed by atoms with E-state index in [1.165, 1.54) is 13.1 Å². The van der Waals surface area contributed by atoms with Crippen LogP contribution in [0.4, 0.5) is 9.18 Å². The van der Waals surface area contributed by atoms with Crippen LogP contribution in [0.1, 0.15) is 0 Å².